The summed E-state index contributed by atoms with van der Waals surface area (Å²) in [4.78, 5) is 68.7. The van der Waals surface area contributed by atoms with Gasteiger partial charge in [-0.1, -0.05) is 0 Å². The van der Waals surface area contributed by atoms with Gasteiger partial charge in [0.15, 0.2) is 18.2 Å². The number of aryl methyl sites for hydroxylation is 2. The first-order valence-corrected chi connectivity index (χ1v) is 14.3. The molecule has 41 heavy (non-hydrogen) atoms. The second-order valence-electron chi connectivity index (χ2n) is 11.2. The quantitative estimate of drug-likeness (QED) is 0.381. The molecule has 15 nitrogen and oxygen atoms in total. The van der Waals surface area contributed by atoms with Crippen LogP contribution < -0.4 is 22.5 Å². The van der Waals surface area contributed by atoms with E-state index in [1.807, 2.05) is 0 Å². The molecule has 16 heteroatoms. The van der Waals surface area contributed by atoms with Gasteiger partial charge >= 0.3 is 11.4 Å². The van der Waals surface area contributed by atoms with Crippen molar-refractivity contribution in [1.29, 1.82) is 0 Å². The first kappa shape index (κ1) is 28.1. The van der Waals surface area contributed by atoms with E-state index in [9.17, 15) is 29.1 Å². The molecule has 0 aromatic carbocycles. The fourth-order valence-electron chi connectivity index (χ4n) is 6.05. The van der Waals surface area contributed by atoms with E-state index in [2.05, 4.69) is 9.97 Å². The van der Waals surface area contributed by atoms with Crippen LogP contribution in [0.5, 0.6) is 0 Å². The molecular weight excluding hydrogens is 562 g/mol. The van der Waals surface area contributed by atoms with Gasteiger partial charge < -0.3 is 29.0 Å². The van der Waals surface area contributed by atoms with Gasteiger partial charge in [0.25, 0.3) is 11.1 Å². The molecule has 0 spiro atoms. The van der Waals surface area contributed by atoms with E-state index in [0.717, 1.165) is 0 Å². The molecule has 6 heterocycles. The van der Waals surface area contributed by atoms with Crippen LogP contribution in [-0.2, 0) is 23.7 Å². The Bertz CT molecular complexity index is 1610. The molecule has 0 saturated carbocycles. The van der Waals surface area contributed by atoms with E-state index in [1.165, 1.54) is 33.3 Å². The molecule has 0 aliphatic carbocycles. The Kier molecular flexibility index (Phi) is 6.90. The standard InChI is InChI=1S/C25H31N5O10S/c1-10-6-28(23(35)26-18(10)33)15-5-12(13(8-31)37-15)22-30(14(32)9-41-22)21-17-16(39-25(3,4)40-17)20(38-21)29-7-11(2)19(34)27-24(29)36/h6-7,12-13,15-17,20-22,31H,5,8-9H2,1-4H3,(H,26,33,35)(H,27,34,36)/t12-,13+,15+,16+,17-,20+,21-,22-/m0/s1. The zero-order chi connectivity index (χ0) is 29.4. The number of carbonyl (C=O) groups is 1. The average Bonchev–Trinajstić information content (AvgIpc) is 3.65. The first-order valence-electron chi connectivity index (χ1n) is 13.2. The second-order valence-corrected chi connectivity index (χ2v) is 12.3. The van der Waals surface area contributed by atoms with E-state index in [-0.39, 0.29) is 24.7 Å². The Hall–Kier alpha value is -3.02. The normalized spacial score (nSPS) is 34.5. The number of aromatic amines is 2. The third-order valence-corrected chi connectivity index (χ3v) is 9.26. The summed E-state index contributed by atoms with van der Waals surface area (Å²) in [5.41, 5.74) is -1.72. The lowest BCUT2D eigenvalue weighted by atomic mass is 9.99. The predicted molar refractivity (Wildman–Crippen MR) is 142 cm³/mol. The van der Waals surface area contributed by atoms with Crippen LogP contribution in [0.4, 0.5) is 0 Å². The van der Waals surface area contributed by atoms with Gasteiger partial charge in [-0.3, -0.25) is 33.5 Å². The maximum absolute atomic E-state index is 13.4. The number of aromatic nitrogens is 4. The number of hydrogen-bond acceptors (Lipinski definition) is 11. The lowest BCUT2D eigenvalue weighted by molar-refractivity contribution is -0.219. The minimum atomic E-state index is -1.04. The molecule has 0 bridgehead atoms. The number of H-pyrrole nitrogens is 2. The largest absolute Gasteiger partial charge is 0.394 e. The summed E-state index contributed by atoms with van der Waals surface area (Å²) in [6.45, 7) is 6.21. The van der Waals surface area contributed by atoms with Crippen molar-refractivity contribution in [3.8, 4) is 0 Å². The highest BCUT2D eigenvalue weighted by molar-refractivity contribution is 8.01. The first-order chi connectivity index (χ1) is 19.4. The Labute approximate surface area is 236 Å². The Morgan fingerprint density at radius 3 is 2.15 bits per heavy atom. The molecule has 4 fully saturated rings. The maximum atomic E-state index is 13.4. The van der Waals surface area contributed by atoms with Crippen LogP contribution in [0.15, 0.2) is 31.6 Å². The van der Waals surface area contributed by atoms with Gasteiger partial charge in [0.05, 0.1) is 23.8 Å². The van der Waals surface area contributed by atoms with E-state index >= 15 is 0 Å². The van der Waals surface area contributed by atoms with Crippen molar-refractivity contribution in [3.05, 3.63) is 65.2 Å². The molecular formula is C25H31N5O10S. The highest BCUT2D eigenvalue weighted by Crippen LogP contribution is 2.49. The van der Waals surface area contributed by atoms with E-state index in [1.54, 1.807) is 32.6 Å². The van der Waals surface area contributed by atoms with Crippen LogP contribution in [0.3, 0.4) is 0 Å². The van der Waals surface area contributed by atoms with E-state index in [4.69, 9.17) is 18.9 Å². The molecule has 222 valence electrons. The van der Waals surface area contributed by atoms with Gasteiger partial charge in [-0.2, -0.15) is 0 Å². The minimum Gasteiger partial charge on any atom is -0.394 e. The summed E-state index contributed by atoms with van der Waals surface area (Å²) in [6, 6.07) is 0. The summed E-state index contributed by atoms with van der Waals surface area (Å²) in [5, 5.41) is 9.68. The van der Waals surface area contributed by atoms with Gasteiger partial charge in [-0.25, -0.2) is 9.59 Å². The van der Waals surface area contributed by atoms with Crippen molar-refractivity contribution in [1.82, 2.24) is 24.0 Å². The number of aliphatic hydroxyl groups is 1. The zero-order valence-electron chi connectivity index (χ0n) is 22.8. The monoisotopic (exact) mass is 593 g/mol. The van der Waals surface area contributed by atoms with Crippen LogP contribution in [0.2, 0.25) is 0 Å². The molecule has 1 amide bonds. The second kappa shape index (κ2) is 10.1. The molecule has 8 atom stereocenters. The van der Waals surface area contributed by atoms with Crippen molar-refractivity contribution < 1.29 is 28.8 Å². The maximum Gasteiger partial charge on any atom is 0.330 e. The van der Waals surface area contributed by atoms with Crippen molar-refractivity contribution in [3.63, 3.8) is 0 Å². The summed E-state index contributed by atoms with van der Waals surface area (Å²) >= 11 is 1.36. The predicted octanol–water partition coefficient (Wildman–Crippen LogP) is -1.12. The highest BCUT2D eigenvalue weighted by Gasteiger charge is 2.61. The van der Waals surface area contributed by atoms with E-state index in [0.29, 0.717) is 11.1 Å². The number of rotatable bonds is 5. The molecule has 4 aliphatic rings. The molecule has 0 unspecified atom stereocenters. The fourth-order valence-corrected chi connectivity index (χ4v) is 7.44. The van der Waals surface area contributed by atoms with Crippen LogP contribution in [0.1, 0.15) is 43.9 Å². The highest BCUT2D eigenvalue weighted by atomic mass is 32.2. The average molecular weight is 594 g/mol. The molecule has 6 rings (SSSR count). The van der Waals surface area contributed by atoms with E-state index < -0.39 is 76.6 Å². The zero-order valence-corrected chi connectivity index (χ0v) is 23.6. The number of ether oxygens (including phenoxy) is 4. The van der Waals surface area contributed by atoms with Crippen molar-refractivity contribution in [2.45, 2.75) is 82.3 Å². The van der Waals surface area contributed by atoms with Crippen LogP contribution >= 0.6 is 11.8 Å². The van der Waals surface area contributed by atoms with Gasteiger partial charge in [-0.05, 0) is 27.7 Å². The SMILES string of the molecule is Cc1cn([C@@H]2O[C@H](N3C(=O)CS[C@H]3[C@H]3C[C@H](n4cc(C)c(=O)[nH]c4=O)O[C@@H]3CO)[C@H]3OC(C)(C)O[C@H]32)c(=O)[nH]c1=O. The summed E-state index contributed by atoms with van der Waals surface area (Å²) in [5.74, 6) is -1.57. The summed E-state index contributed by atoms with van der Waals surface area (Å²) in [6.07, 6.45) is -1.94. The smallest absolute Gasteiger partial charge is 0.330 e. The molecule has 3 N–H and O–H groups in total. The molecule has 4 aliphatic heterocycles. The third-order valence-electron chi connectivity index (χ3n) is 7.92. The van der Waals surface area contributed by atoms with Crippen molar-refractivity contribution >= 4 is 17.7 Å². The lowest BCUT2D eigenvalue weighted by Gasteiger charge is -2.36. The van der Waals surface area contributed by atoms with Gasteiger partial charge in [-0.15, -0.1) is 11.8 Å². The van der Waals surface area contributed by atoms with Crippen LogP contribution in [0.25, 0.3) is 0 Å². The lowest BCUT2D eigenvalue weighted by Crippen LogP contribution is -2.51. The van der Waals surface area contributed by atoms with Crippen molar-refractivity contribution in [2.24, 2.45) is 5.92 Å². The number of nitrogens with one attached hydrogen (secondary N) is 2. The molecule has 0 radical (unpaired) electrons. The number of carbonyl (C=O) groups excluding carboxylic acids is 1. The molecule has 4 saturated heterocycles. The number of nitrogens with zero attached hydrogens (tertiary/aromatic N) is 3. The van der Waals surface area contributed by atoms with Gasteiger partial charge in [0.2, 0.25) is 5.91 Å². The fraction of sp³-hybridized carbons (Fsp3) is 0.640. The minimum absolute atomic E-state index is 0.131. The molecule has 2 aromatic heterocycles. The number of hydrogen-bond donors (Lipinski definition) is 3. The third kappa shape index (κ3) is 4.71. The van der Waals surface area contributed by atoms with Crippen molar-refractivity contribution in [2.75, 3.05) is 12.4 Å². The molecule has 2 aromatic rings. The Morgan fingerprint density at radius 1 is 0.927 bits per heavy atom. The van der Waals surface area contributed by atoms with Gasteiger partial charge in [0, 0.05) is 35.9 Å². The van der Waals surface area contributed by atoms with Gasteiger partial charge in [0.1, 0.15) is 18.4 Å². The Morgan fingerprint density at radius 2 is 1.51 bits per heavy atom. The number of thioether (sulfide) groups is 1. The number of amides is 1. The summed E-state index contributed by atoms with van der Waals surface area (Å²) in [7, 11) is 0. The van der Waals surface area contributed by atoms with Crippen LogP contribution in [0, 0.1) is 19.8 Å². The number of aliphatic hydroxyl groups excluding tert-OH is 1. The number of fused-ring (bicyclic) bond motifs is 1. The Balaban J connectivity index is 1.33. The summed E-state index contributed by atoms with van der Waals surface area (Å²) < 4.78 is 27.2. The topological polar surface area (TPSA) is 187 Å². The van der Waals surface area contributed by atoms with Crippen LogP contribution in [-0.4, -0.2) is 83.1 Å².